The molecule has 0 radical (unpaired) electrons. The standard InChI is InChI=1S/C10H7Cl2N3O3S/c11-6-1-2-13-9(3-6)15-19(17,18)7-4-8(12)10(16)14-5-7/h1-5H,(H,13,15)(H,14,16). The van der Waals surface area contributed by atoms with E-state index in [0.717, 1.165) is 12.3 Å². The molecule has 19 heavy (non-hydrogen) atoms. The minimum atomic E-state index is -3.90. The molecule has 0 aliphatic rings. The number of sulfonamides is 1. The van der Waals surface area contributed by atoms with Crippen LogP contribution < -0.4 is 10.3 Å². The highest BCUT2D eigenvalue weighted by Crippen LogP contribution is 2.17. The summed E-state index contributed by atoms with van der Waals surface area (Å²) >= 11 is 11.3. The van der Waals surface area contributed by atoms with E-state index in [9.17, 15) is 13.2 Å². The Morgan fingerprint density at radius 2 is 2.00 bits per heavy atom. The number of nitrogens with one attached hydrogen (secondary N) is 2. The maximum Gasteiger partial charge on any atom is 0.266 e. The average molecular weight is 320 g/mol. The van der Waals surface area contributed by atoms with Crippen LogP contribution in [0.25, 0.3) is 0 Å². The van der Waals surface area contributed by atoms with Gasteiger partial charge >= 0.3 is 0 Å². The maximum atomic E-state index is 12.0. The van der Waals surface area contributed by atoms with Crippen LogP contribution in [0, 0.1) is 0 Å². The van der Waals surface area contributed by atoms with Gasteiger partial charge in [-0.05, 0) is 12.1 Å². The van der Waals surface area contributed by atoms with Crippen LogP contribution in [0.15, 0.2) is 40.3 Å². The van der Waals surface area contributed by atoms with Crippen molar-refractivity contribution in [2.45, 2.75) is 4.90 Å². The zero-order chi connectivity index (χ0) is 14.0. The molecule has 0 aliphatic heterocycles. The van der Waals surface area contributed by atoms with Crippen LogP contribution >= 0.6 is 23.2 Å². The zero-order valence-corrected chi connectivity index (χ0v) is 11.6. The van der Waals surface area contributed by atoms with E-state index in [1.807, 2.05) is 0 Å². The molecule has 100 valence electrons. The number of nitrogens with zero attached hydrogens (tertiary/aromatic N) is 1. The molecular weight excluding hydrogens is 313 g/mol. The lowest BCUT2D eigenvalue weighted by atomic mass is 10.5. The number of aromatic amines is 1. The van der Waals surface area contributed by atoms with E-state index in [4.69, 9.17) is 23.2 Å². The Labute approximate surface area is 118 Å². The van der Waals surface area contributed by atoms with E-state index in [2.05, 4.69) is 14.7 Å². The highest BCUT2D eigenvalue weighted by molar-refractivity contribution is 7.92. The second-order valence-corrected chi connectivity index (χ2v) is 6.00. The molecule has 0 saturated carbocycles. The normalized spacial score (nSPS) is 11.3. The van der Waals surface area contributed by atoms with E-state index in [1.54, 1.807) is 0 Å². The molecule has 0 aromatic carbocycles. The molecule has 0 spiro atoms. The Morgan fingerprint density at radius 3 is 2.63 bits per heavy atom. The number of H-pyrrole nitrogens is 1. The van der Waals surface area contributed by atoms with Crippen LogP contribution in [-0.2, 0) is 10.0 Å². The van der Waals surface area contributed by atoms with Crippen molar-refractivity contribution in [1.82, 2.24) is 9.97 Å². The Kier molecular flexibility index (Phi) is 3.79. The second-order valence-electron chi connectivity index (χ2n) is 3.48. The third kappa shape index (κ3) is 3.25. The Hall–Kier alpha value is -1.57. The molecule has 9 heteroatoms. The van der Waals surface area contributed by atoms with E-state index in [0.29, 0.717) is 5.02 Å². The predicted molar refractivity (Wildman–Crippen MR) is 72.1 cm³/mol. The van der Waals surface area contributed by atoms with Gasteiger partial charge in [-0.2, -0.15) is 0 Å². The molecule has 2 aromatic rings. The summed E-state index contributed by atoms with van der Waals surface area (Å²) in [4.78, 5) is 16.9. The van der Waals surface area contributed by atoms with Gasteiger partial charge in [0, 0.05) is 23.5 Å². The molecule has 6 nitrogen and oxygen atoms in total. The summed E-state index contributed by atoms with van der Waals surface area (Å²) in [5, 5.41) is 0.120. The Balaban J connectivity index is 2.37. The molecule has 0 aliphatic carbocycles. The smallest absolute Gasteiger partial charge is 0.266 e. The molecule has 0 amide bonds. The Morgan fingerprint density at radius 1 is 1.26 bits per heavy atom. The minimum absolute atomic E-state index is 0.0647. The third-order valence-electron chi connectivity index (χ3n) is 2.10. The van der Waals surface area contributed by atoms with Crippen LogP contribution in [0.2, 0.25) is 10.0 Å². The second kappa shape index (κ2) is 5.20. The number of halogens is 2. The van der Waals surface area contributed by atoms with Gasteiger partial charge < -0.3 is 4.98 Å². The molecular formula is C10H7Cl2N3O3S. The van der Waals surface area contributed by atoms with Crippen LogP contribution in [-0.4, -0.2) is 18.4 Å². The third-order valence-corrected chi connectivity index (χ3v) is 3.95. The van der Waals surface area contributed by atoms with Crippen LogP contribution in [0.3, 0.4) is 0 Å². The monoisotopic (exact) mass is 319 g/mol. The quantitative estimate of drug-likeness (QED) is 0.903. The van der Waals surface area contributed by atoms with Crippen molar-refractivity contribution in [3.63, 3.8) is 0 Å². The van der Waals surface area contributed by atoms with Crippen molar-refractivity contribution in [3.05, 3.63) is 51.0 Å². The van der Waals surface area contributed by atoms with E-state index in [1.165, 1.54) is 18.3 Å². The summed E-state index contributed by atoms with van der Waals surface area (Å²) < 4.78 is 26.2. The lowest BCUT2D eigenvalue weighted by Crippen LogP contribution is -2.16. The molecule has 0 atom stereocenters. The van der Waals surface area contributed by atoms with Crippen molar-refractivity contribution < 1.29 is 8.42 Å². The van der Waals surface area contributed by atoms with Gasteiger partial charge in [0.1, 0.15) is 15.7 Å². The topological polar surface area (TPSA) is 91.9 Å². The van der Waals surface area contributed by atoms with Crippen molar-refractivity contribution in [2.75, 3.05) is 4.72 Å². The molecule has 2 heterocycles. The van der Waals surface area contributed by atoms with Crippen LogP contribution in [0.4, 0.5) is 5.82 Å². The number of pyridine rings is 2. The van der Waals surface area contributed by atoms with Gasteiger partial charge in [-0.3, -0.25) is 9.52 Å². The molecule has 0 bridgehead atoms. The van der Waals surface area contributed by atoms with Gasteiger partial charge in [-0.15, -0.1) is 0 Å². The number of aromatic nitrogens is 2. The molecule has 2 rings (SSSR count). The van der Waals surface area contributed by atoms with Crippen molar-refractivity contribution in [2.24, 2.45) is 0 Å². The summed E-state index contributed by atoms with van der Waals surface area (Å²) in [7, 11) is -3.90. The average Bonchev–Trinajstić information content (AvgIpc) is 2.32. The van der Waals surface area contributed by atoms with E-state index >= 15 is 0 Å². The molecule has 2 aromatic heterocycles. The lowest BCUT2D eigenvalue weighted by Gasteiger charge is -2.07. The fraction of sp³-hybridized carbons (Fsp3) is 0. The van der Waals surface area contributed by atoms with Gasteiger partial charge in [0.25, 0.3) is 15.6 Å². The first-order valence-electron chi connectivity index (χ1n) is 4.91. The first-order valence-corrected chi connectivity index (χ1v) is 7.15. The predicted octanol–water partition coefficient (Wildman–Crippen LogP) is 1.88. The Bertz CT molecular complexity index is 774. The minimum Gasteiger partial charge on any atom is -0.326 e. The van der Waals surface area contributed by atoms with Crippen LogP contribution in [0.5, 0.6) is 0 Å². The molecule has 0 saturated heterocycles. The van der Waals surface area contributed by atoms with Gasteiger partial charge in [0.05, 0.1) is 0 Å². The highest BCUT2D eigenvalue weighted by Gasteiger charge is 2.16. The zero-order valence-electron chi connectivity index (χ0n) is 9.22. The number of anilines is 1. The first kappa shape index (κ1) is 13.9. The maximum absolute atomic E-state index is 12.0. The SMILES string of the molecule is O=c1[nH]cc(S(=O)(=O)Nc2cc(Cl)ccn2)cc1Cl. The van der Waals surface area contributed by atoms with Crippen molar-refractivity contribution in [1.29, 1.82) is 0 Å². The fourth-order valence-corrected chi connectivity index (χ4v) is 2.64. The molecule has 0 fully saturated rings. The summed E-state index contributed by atoms with van der Waals surface area (Å²) in [5.74, 6) is 0.0647. The molecule has 2 N–H and O–H groups in total. The van der Waals surface area contributed by atoms with Crippen molar-refractivity contribution in [3.8, 4) is 0 Å². The van der Waals surface area contributed by atoms with Gasteiger partial charge in [0.2, 0.25) is 0 Å². The van der Waals surface area contributed by atoms with Gasteiger partial charge in [-0.1, -0.05) is 23.2 Å². The van der Waals surface area contributed by atoms with Crippen molar-refractivity contribution >= 4 is 39.0 Å². The number of rotatable bonds is 3. The number of hydrogen-bond acceptors (Lipinski definition) is 4. The summed E-state index contributed by atoms with van der Waals surface area (Å²) in [5.41, 5.74) is -0.568. The molecule has 0 unspecified atom stereocenters. The largest absolute Gasteiger partial charge is 0.326 e. The summed E-state index contributed by atoms with van der Waals surface area (Å²) in [6, 6.07) is 3.91. The number of hydrogen-bond donors (Lipinski definition) is 2. The van der Waals surface area contributed by atoms with E-state index in [-0.39, 0.29) is 15.7 Å². The summed E-state index contributed by atoms with van der Waals surface area (Å²) in [6.07, 6.45) is 2.40. The van der Waals surface area contributed by atoms with Gasteiger partial charge in [-0.25, -0.2) is 13.4 Å². The fourth-order valence-electron chi connectivity index (χ4n) is 1.25. The summed E-state index contributed by atoms with van der Waals surface area (Å²) in [6.45, 7) is 0. The van der Waals surface area contributed by atoms with E-state index < -0.39 is 15.6 Å². The van der Waals surface area contributed by atoms with Gasteiger partial charge in [0.15, 0.2) is 0 Å². The van der Waals surface area contributed by atoms with Crippen LogP contribution in [0.1, 0.15) is 0 Å². The highest BCUT2D eigenvalue weighted by atomic mass is 35.5. The first-order chi connectivity index (χ1) is 8.88. The lowest BCUT2D eigenvalue weighted by molar-refractivity contribution is 0.600.